The molecule has 1 N–H and O–H groups in total. The summed E-state index contributed by atoms with van der Waals surface area (Å²) in [5.41, 5.74) is 0.542. The highest BCUT2D eigenvalue weighted by atomic mass is 15.1. The van der Waals surface area contributed by atoms with Crippen LogP contribution in [-0.4, -0.2) is 37.1 Å². The van der Waals surface area contributed by atoms with Gasteiger partial charge in [0, 0.05) is 12.6 Å². The van der Waals surface area contributed by atoms with Crippen LogP contribution in [0, 0.1) is 11.3 Å². The van der Waals surface area contributed by atoms with Crippen LogP contribution < -0.4 is 5.32 Å². The summed E-state index contributed by atoms with van der Waals surface area (Å²) in [5.74, 6) is 0.866. The Morgan fingerprint density at radius 1 is 1.22 bits per heavy atom. The van der Waals surface area contributed by atoms with E-state index in [1.54, 1.807) is 0 Å². The normalized spacial score (nSPS) is 25.3. The van der Waals surface area contributed by atoms with Crippen molar-refractivity contribution in [2.45, 2.75) is 66.3 Å². The molecular formula is C16H34N2. The van der Waals surface area contributed by atoms with Crippen molar-refractivity contribution >= 4 is 0 Å². The Balaban J connectivity index is 2.30. The van der Waals surface area contributed by atoms with Crippen molar-refractivity contribution < 1.29 is 0 Å². The highest BCUT2D eigenvalue weighted by molar-refractivity contribution is 4.84. The summed E-state index contributed by atoms with van der Waals surface area (Å²) >= 11 is 0. The maximum Gasteiger partial charge on any atom is 0.0166 e. The molecule has 1 fully saturated rings. The van der Waals surface area contributed by atoms with E-state index >= 15 is 0 Å². The first-order valence-electron chi connectivity index (χ1n) is 7.95. The lowest BCUT2D eigenvalue weighted by atomic mass is 9.69. The van der Waals surface area contributed by atoms with Crippen molar-refractivity contribution in [3.8, 4) is 0 Å². The molecule has 1 rings (SSSR count). The van der Waals surface area contributed by atoms with E-state index in [0.29, 0.717) is 11.5 Å². The Hall–Kier alpha value is -0.0800. The largest absolute Gasteiger partial charge is 0.313 e. The van der Waals surface area contributed by atoms with Gasteiger partial charge >= 0.3 is 0 Å². The molecule has 2 unspecified atom stereocenters. The summed E-state index contributed by atoms with van der Waals surface area (Å²) in [6.45, 7) is 16.4. The van der Waals surface area contributed by atoms with Crippen LogP contribution in [0.3, 0.4) is 0 Å². The van der Waals surface area contributed by atoms with Crippen LogP contribution in [0.15, 0.2) is 0 Å². The van der Waals surface area contributed by atoms with E-state index in [0.717, 1.165) is 19.0 Å². The number of hydrogen-bond donors (Lipinski definition) is 1. The van der Waals surface area contributed by atoms with Gasteiger partial charge in [-0.25, -0.2) is 0 Å². The Bertz CT molecular complexity index is 221. The number of hydrogen-bond acceptors (Lipinski definition) is 2. The van der Waals surface area contributed by atoms with Gasteiger partial charge < -0.3 is 10.2 Å². The first-order valence-corrected chi connectivity index (χ1v) is 7.95. The molecule has 0 heterocycles. The van der Waals surface area contributed by atoms with Gasteiger partial charge in [0.2, 0.25) is 0 Å². The van der Waals surface area contributed by atoms with E-state index < -0.39 is 0 Å². The van der Waals surface area contributed by atoms with Gasteiger partial charge in [0.15, 0.2) is 0 Å². The molecule has 2 atom stereocenters. The third-order valence-corrected chi connectivity index (χ3v) is 4.87. The topological polar surface area (TPSA) is 15.3 Å². The lowest BCUT2D eigenvalue weighted by Crippen LogP contribution is -2.44. The molecule has 1 aliphatic rings. The molecule has 1 aliphatic carbocycles. The Morgan fingerprint density at radius 2 is 1.89 bits per heavy atom. The second-order valence-electron chi connectivity index (χ2n) is 6.73. The molecular weight excluding hydrogens is 220 g/mol. The fourth-order valence-electron chi connectivity index (χ4n) is 3.22. The molecule has 0 aromatic carbocycles. The SMILES string of the molecule is CCN(CC)CC(C)NCC1CCCCC1(C)C. The molecule has 0 radical (unpaired) electrons. The maximum absolute atomic E-state index is 3.77. The summed E-state index contributed by atoms with van der Waals surface area (Å²) in [4.78, 5) is 2.50. The zero-order valence-corrected chi connectivity index (χ0v) is 13.3. The van der Waals surface area contributed by atoms with Crippen LogP contribution >= 0.6 is 0 Å². The van der Waals surface area contributed by atoms with Crippen LogP contribution in [0.4, 0.5) is 0 Å². The Morgan fingerprint density at radius 3 is 2.44 bits per heavy atom. The molecule has 18 heavy (non-hydrogen) atoms. The first kappa shape index (κ1) is 16.0. The van der Waals surface area contributed by atoms with E-state index in [-0.39, 0.29) is 0 Å². The van der Waals surface area contributed by atoms with E-state index in [9.17, 15) is 0 Å². The molecule has 0 aliphatic heterocycles. The number of likely N-dealkylation sites (N-methyl/N-ethyl adjacent to an activating group) is 1. The molecule has 0 aromatic heterocycles. The molecule has 0 spiro atoms. The zero-order valence-electron chi connectivity index (χ0n) is 13.3. The fraction of sp³-hybridized carbons (Fsp3) is 1.00. The van der Waals surface area contributed by atoms with E-state index in [1.807, 2.05) is 0 Å². The third-order valence-electron chi connectivity index (χ3n) is 4.87. The van der Waals surface area contributed by atoms with Gasteiger partial charge in [-0.15, -0.1) is 0 Å². The molecule has 0 aromatic rings. The van der Waals surface area contributed by atoms with E-state index in [4.69, 9.17) is 0 Å². The van der Waals surface area contributed by atoms with Gasteiger partial charge in [-0.3, -0.25) is 0 Å². The number of nitrogens with one attached hydrogen (secondary N) is 1. The number of nitrogens with zero attached hydrogens (tertiary/aromatic N) is 1. The predicted octanol–water partition coefficient (Wildman–Crippen LogP) is 3.52. The molecule has 0 amide bonds. The van der Waals surface area contributed by atoms with Gasteiger partial charge in [0.1, 0.15) is 0 Å². The smallest absolute Gasteiger partial charge is 0.0166 e. The molecule has 2 heteroatoms. The quantitative estimate of drug-likeness (QED) is 0.748. The minimum atomic E-state index is 0.542. The second kappa shape index (κ2) is 7.49. The van der Waals surface area contributed by atoms with Gasteiger partial charge in [-0.05, 0) is 50.7 Å². The van der Waals surface area contributed by atoms with Crippen molar-refractivity contribution in [1.29, 1.82) is 0 Å². The molecule has 1 saturated carbocycles. The summed E-state index contributed by atoms with van der Waals surface area (Å²) in [5, 5.41) is 3.77. The van der Waals surface area contributed by atoms with E-state index in [2.05, 4.69) is 44.8 Å². The second-order valence-corrected chi connectivity index (χ2v) is 6.73. The molecule has 0 saturated heterocycles. The van der Waals surface area contributed by atoms with Crippen molar-refractivity contribution in [2.75, 3.05) is 26.2 Å². The highest BCUT2D eigenvalue weighted by Gasteiger charge is 2.31. The van der Waals surface area contributed by atoms with Crippen LogP contribution in [0.25, 0.3) is 0 Å². The Kier molecular flexibility index (Phi) is 6.65. The van der Waals surface area contributed by atoms with Crippen molar-refractivity contribution in [3.05, 3.63) is 0 Å². The predicted molar refractivity (Wildman–Crippen MR) is 81.0 cm³/mol. The number of rotatable bonds is 7. The van der Waals surface area contributed by atoms with Gasteiger partial charge in [-0.2, -0.15) is 0 Å². The summed E-state index contributed by atoms with van der Waals surface area (Å²) in [7, 11) is 0. The van der Waals surface area contributed by atoms with Crippen LogP contribution in [0.5, 0.6) is 0 Å². The monoisotopic (exact) mass is 254 g/mol. The average Bonchev–Trinajstić information content (AvgIpc) is 2.34. The summed E-state index contributed by atoms with van der Waals surface area (Å²) in [6, 6.07) is 0.614. The van der Waals surface area contributed by atoms with Crippen LogP contribution in [0.1, 0.15) is 60.3 Å². The Labute approximate surface area is 115 Å². The van der Waals surface area contributed by atoms with E-state index in [1.165, 1.54) is 38.8 Å². The average molecular weight is 254 g/mol. The van der Waals surface area contributed by atoms with Crippen molar-refractivity contribution in [2.24, 2.45) is 11.3 Å². The fourth-order valence-corrected chi connectivity index (χ4v) is 3.22. The van der Waals surface area contributed by atoms with Crippen molar-refractivity contribution in [1.82, 2.24) is 10.2 Å². The minimum absolute atomic E-state index is 0.542. The maximum atomic E-state index is 3.77. The highest BCUT2D eigenvalue weighted by Crippen LogP contribution is 2.39. The molecule has 108 valence electrons. The van der Waals surface area contributed by atoms with Crippen LogP contribution in [-0.2, 0) is 0 Å². The lowest BCUT2D eigenvalue weighted by Gasteiger charge is -2.39. The van der Waals surface area contributed by atoms with Crippen molar-refractivity contribution in [3.63, 3.8) is 0 Å². The minimum Gasteiger partial charge on any atom is -0.313 e. The summed E-state index contributed by atoms with van der Waals surface area (Å²) in [6.07, 6.45) is 5.68. The zero-order chi connectivity index (χ0) is 13.6. The van der Waals surface area contributed by atoms with Crippen LogP contribution in [0.2, 0.25) is 0 Å². The third kappa shape index (κ3) is 4.89. The molecule has 2 nitrogen and oxygen atoms in total. The lowest BCUT2D eigenvalue weighted by molar-refractivity contribution is 0.130. The van der Waals surface area contributed by atoms with Gasteiger partial charge in [0.25, 0.3) is 0 Å². The first-order chi connectivity index (χ1) is 8.49. The van der Waals surface area contributed by atoms with Gasteiger partial charge in [-0.1, -0.05) is 40.5 Å². The standard InChI is InChI=1S/C16H34N2/c1-6-18(7-2)13-14(3)17-12-15-10-8-9-11-16(15,4)5/h14-15,17H,6-13H2,1-5H3. The van der Waals surface area contributed by atoms with Gasteiger partial charge in [0.05, 0.1) is 0 Å². The molecule has 0 bridgehead atoms. The summed E-state index contributed by atoms with van der Waals surface area (Å²) < 4.78 is 0.